The molecule has 0 N–H and O–H groups in total. The number of rotatable bonds is 4. The highest BCUT2D eigenvalue weighted by molar-refractivity contribution is 6.31. The van der Waals surface area contributed by atoms with E-state index in [-0.39, 0.29) is 10.9 Å². The summed E-state index contributed by atoms with van der Waals surface area (Å²) in [6.45, 7) is 2.45. The van der Waals surface area contributed by atoms with Gasteiger partial charge >= 0.3 is 0 Å². The van der Waals surface area contributed by atoms with Gasteiger partial charge in [-0.15, -0.1) is 0 Å². The fourth-order valence-corrected chi connectivity index (χ4v) is 3.18. The molecular weight excluding hydrogens is 359 g/mol. The second kappa shape index (κ2) is 7.83. The van der Waals surface area contributed by atoms with Gasteiger partial charge in [-0.05, 0) is 36.4 Å². The summed E-state index contributed by atoms with van der Waals surface area (Å²) in [4.78, 5) is 16.6. The number of benzene rings is 2. The molecule has 0 radical (unpaired) electrons. The van der Waals surface area contributed by atoms with Gasteiger partial charge in [-0.3, -0.25) is 4.79 Å². The molecule has 0 saturated carbocycles. The Morgan fingerprint density at radius 2 is 1.69 bits per heavy atom. The van der Waals surface area contributed by atoms with Crippen LogP contribution in [0.15, 0.2) is 36.4 Å². The quantitative estimate of drug-likeness (QED) is 0.817. The normalized spacial score (nSPS) is 14.3. The van der Waals surface area contributed by atoms with Crippen LogP contribution in [0, 0.1) is 5.82 Å². The number of carbonyl (C=O) groups is 1. The minimum absolute atomic E-state index is 0.0530. The minimum atomic E-state index is -0.433. The highest BCUT2D eigenvalue weighted by Gasteiger charge is 2.23. The van der Waals surface area contributed by atoms with Crippen LogP contribution in [0.5, 0.6) is 11.5 Å². The number of amides is 1. The maximum Gasteiger partial charge on any atom is 0.254 e. The van der Waals surface area contributed by atoms with Crippen LogP contribution in [0.4, 0.5) is 10.1 Å². The number of piperazine rings is 1. The highest BCUT2D eigenvalue weighted by Crippen LogP contribution is 2.28. The van der Waals surface area contributed by atoms with Crippen LogP contribution < -0.4 is 14.4 Å². The van der Waals surface area contributed by atoms with Crippen molar-refractivity contribution in [2.75, 3.05) is 45.3 Å². The molecule has 1 amide bonds. The molecule has 1 saturated heterocycles. The number of ether oxygens (including phenoxy) is 2. The average molecular weight is 379 g/mol. The van der Waals surface area contributed by atoms with Crippen LogP contribution in [-0.4, -0.2) is 51.2 Å². The van der Waals surface area contributed by atoms with E-state index in [4.69, 9.17) is 21.1 Å². The van der Waals surface area contributed by atoms with Crippen LogP contribution in [0.25, 0.3) is 0 Å². The molecule has 26 heavy (non-hydrogen) atoms. The van der Waals surface area contributed by atoms with E-state index in [1.807, 2.05) is 0 Å². The Bertz CT molecular complexity index is 807. The lowest BCUT2D eigenvalue weighted by Crippen LogP contribution is -2.48. The van der Waals surface area contributed by atoms with Crippen molar-refractivity contribution in [3.8, 4) is 11.5 Å². The molecule has 0 spiro atoms. The second-order valence-corrected chi connectivity index (χ2v) is 6.35. The third-order valence-corrected chi connectivity index (χ3v) is 4.76. The largest absolute Gasteiger partial charge is 0.493 e. The second-order valence-electron chi connectivity index (χ2n) is 5.95. The molecule has 0 bridgehead atoms. The standard InChI is InChI=1S/C19H20ClFN2O3/c1-25-17-6-3-13(11-18(17)26-2)19(24)23-9-7-22(8-10-23)14-4-5-16(21)15(20)12-14/h3-6,11-12H,7-10H2,1-2H3. The molecule has 138 valence electrons. The van der Waals surface area contributed by atoms with Gasteiger partial charge < -0.3 is 19.3 Å². The maximum absolute atomic E-state index is 13.3. The average Bonchev–Trinajstić information content (AvgIpc) is 2.69. The molecule has 0 unspecified atom stereocenters. The molecule has 2 aromatic rings. The summed E-state index contributed by atoms with van der Waals surface area (Å²) in [5.41, 5.74) is 1.41. The van der Waals surface area contributed by atoms with Crippen LogP contribution in [0.3, 0.4) is 0 Å². The lowest BCUT2D eigenvalue weighted by atomic mass is 10.1. The first-order chi connectivity index (χ1) is 12.5. The van der Waals surface area contributed by atoms with Crippen molar-refractivity contribution in [2.45, 2.75) is 0 Å². The van der Waals surface area contributed by atoms with Gasteiger partial charge in [0, 0.05) is 37.4 Å². The first kappa shape index (κ1) is 18.3. The summed E-state index contributed by atoms with van der Waals surface area (Å²) < 4.78 is 23.8. The van der Waals surface area contributed by atoms with Gasteiger partial charge in [0.1, 0.15) is 5.82 Å². The number of halogens is 2. The molecule has 3 rings (SSSR count). The van der Waals surface area contributed by atoms with Crippen molar-refractivity contribution in [1.82, 2.24) is 4.90 Å². The van der Waals surface area contributed by atoms with Crippen molar-refractivity contribution >= 4 is 23.2 Å². The van der Waals surface area contributed by atoms with E-state index in [1.54, 1.807) is 49.5 Å². The zero-order valence-electron chi connectivity index (χ0n) is 14.7. The lowest BCUT2D eigenvalue weighted by molar-refractivity contribution is 0.0746. The van der Waals surface area contributed by atoms with Crippen LogP contribution >= 0.6 is 11.6 Å². The molecule has 1 heterocycles. The molecule has 1 fully saturated rings. The number of anilines is 1. The van der Waals surface area contributed by atoms with Crippen LogP contribution in [0.2, 0.25) is 5.02 Å². The molecule has 0 atom stereocenters. The number of hydrogen-bond acceptors (Lipinski definition) is 4. The van der Waals surface area contributed by atoms with E-state index in [0.29, 0.717) is 43.2 Å². The summed E-state index contributed by atoms with van der Waals surface area (Å²) in [6.07, 6.45) is 0. The monoisotopic (exact) mass is 378 g/mol. The number of methoxy groups -OCH3 is 2. The van der Waals surface area contributed by atoms with Crippen molar-refractivity contribution in [3.05, 3.63) is 52.8 Å². The third kappa shape index (κ3) is 3.70. The Balaban J connectivity index is 1.67. The molecule has 0 aliphatic carbocycles. The van der Waals surface area contributed by atoms with E-state index in [9.17, 15) is 9.18 Å². The van der Waals surface area contributed by atoms with Gasteiger partial charge in [0.15, 0.2) is 11.5 Å². The van der Waals surface area contributed by atoms with E-state index < -0.39 is 5.82 Å². The molecule has 2 aromatic carbocycles. The summed E-state index contributed by atoms with van der Waals surface area (Å²) >= 11 is 5.86. The SMILES string of the molecule is COc1ccc(C(=O)N2CCN(c3ccc(F)c(Cl)c3)CC2)cc1OC. The van der Waals surface area contributed by atoms with Crippen molar-refractivity contribution in [2.24, 2.45) is 0 Å². The van der Waals surface area contributed by atoms with Gasteiger partial charge in [-0.2, -0.15) is 0 Å². The number of nitrogens with zero attached hydrogens (tertiary/aromatic N) is 2. The fourth-order valence-electron chi connectivity index (χ4n) is 3.00. The Labute approximate surface area is 156 Å². The first-order valence-electron chi connectivity index (χ1n) is 8.25. The minimum Gasteiger partial charge on any atom is -0.493 e. The van der Waals surface area contributed by atoms with Gasteiger partial charge in [-0.25, -0.2) is 4.39 Å². The number of carbonyl (C=O) groups excluding carboxylic acids is 1. The van der Waals surface area contributed by atoms with Crippen molar-refractivity contribution in [3.63, 3.8) is 0 Å². The Kier molecular flexibility index (Phi) is 5.52. The van der Waals surface area contributed by atoms with Crippen molar-refractivity contribution in [1.29, 1.82) is 0 Å². The zero-order valence-corrected chi connectivity index (χ0v) is 15.4. The van der Waals surface area contributed by atoms with E-state index >= 15 is 0 Å². The molecular formula is C19H20ClFN2O3. The molecule has 7 heteroatoms. The van der Waals surface area contributed by atoms with Gasteiger partial charge in [0.05, 0.1) is 19.2 Å². The fraction of sp³-hybridized carbons (Fsp3) is 0.316. The summed E-state index contributed by atoms with van der Waals surface area (Å²) in [5, 5.41) is 0.103. The van der Waals surface area contributed by atoms with E-state index in [1.165, 1.54) is 6.07 Å². The Hall–Kier alpha value is -2.47. The molecule has 1 aliphatic rings. The summed E-state index contributed by atoms with van der Waals surface area (Å²) in [6, 6.07) is 9.82. The van der Waals surface area contributed by atoms with E-state index in [2.05, 4.69) is 4.90 Å². The Morgan fingerprint density at radius 1 is 1.00 bits per heavy atom. The summed E-state index contributed by atoms with van der Waals surface area (Å²) in [5.74, 6) is 0.625. The molecule has 5 nitrogen and oxygen atoms in total. The zero-order chi connectivity index (χ0) is 18.7. The highest BCUT2D eigenvalue weighted by atomic mass is 35.5. The van der Waals surface area contributed by atoms with Gasteiger partial charge in [0.25, 0.3) is 5.91 Å². The summed E-state index contributed by atoms with van der Waals surface area (Å²) in [7, 11) is 3.10. The maximum atomic E-state index is 13.3. The molecule has 0 aromatic heterocycles. The molecule has 1 aliphatic heterocycles. The van der Waals surface area contributed by atoms with Gasteiger partial charge in [0.2, 0.25) is 0 Å². The van der Waals surface area contributed by atoms with Gasteiger partial charge in [-0.1, -0.05) is 11.6 Å². The predicted molar refractivity (Wildman–Crippen MR) is 99.1 cm³/mol. The van der Waals surface area contributed by atoms with Crippen LogP contribution in [0.1, 0.15) is 10.4 Å². The predicted octanol–water partition coefficient (Wildman–Crippen LogP) is 3.46. The first-order valence-corrected chi connectivity index (χ1v) is 8.62. The van der Waals surface area contributed by atoms with Crippen molar-refractivity contribution < 1.29 is 18.7 Å². The lowest BCUT2D eigenvalue weighted by Gasteiger charge is -2.36. The smallest absolute Gasteiger partial charge is 0.254 e. The Morgan fingerprint density at radius 3 is 2.31 bits per heavy atom. The van der Waals surface area contributed by atoms with Crippen LogP contribution in [-0.2, 0) is 0 Å². The number of hydrogen-bond donors (Lipinski definition) is 0. The third-order valence-electron chi connectivity index (χ3n) is 4.47. The van der Waals surface area contributed by atoms with E-state index in [0.717, 1.165) is 5.69 Å². The topological polar surface area (TPSA) is 42.0 Å².